The molecule has 1 fully saturated rings. The smallest absolute Gasteiger partial charge is 0.140 e. The Morgan fingerprint density at radius 2 is 2.15 bits per heavy atom. The van der Waals surface area contributed by atoms with Crippen LogP contribution in [-0.4, -0.2) is 21.2 Å². The standard InChI is InChI=1S/C16H21N3O/c1-11-3-6-15-12(2)18(7-8-19(11)15)10-14-9-16(20-17-14)13-4-5-13/h3,6,9,12-13H,4-5,7-8,10H2,1-2H3/t12-/m1/s1. The highest BCUT2D eigenvalue weighted by Gasteiger charge is 2.29. The van der Waals surface area contributed by atoms with Gasteiger partial charge in [-0.3, -0.25) is 4.90 Å². The van der Waals surface area contributed by atoms with E-state index in [1.807, 2.05) is 0 Å². The van der Waals surface area contributed by atoms with Crippen molar-refractivity contribution in [3.63, 3.8) is 0 Å². The van der Waals surface area contributed by atoms with Crippen LogP contribution in [0.15, 0.2) is 22.7 Å². The van der Waals surface area contributed by atoms with E-state index < -0.39 is 0 Å². The number of hydrogen-bond acceptors (Lipinski definition) is 3. The first-order valence-electron chi connectivity index (χ1n) is 7.58. The van der Waals surface area contributed by atoms with Crippen LogP contribution in [0.4, 0.5) is 0 Å². The van der Waals surface area contributed by atoms with Crippen LogP contribution in [0.2, 0.25) is 0 Å². The molecule has 4 nitrogen and oxygen atoms in total. The molecule has 1 saturated carbocycles. The van der Waals surface area contributed by atoms with E-state index in [2.05, 4.69) is 46.7 Å². The van der Waals surface area contributed by atoms with Crippen molar-refractivity contribution in [1.82, 2.24) is 14.6 Å². The predicted molar refractivity (Wildman–Crippen MR) is 76.5 cm³/mol. The molecule has 106 valence electrons. The first-order chi connectivity index (χ1) is 9.72. The van der Waals surface area contributed by atoms with Crippen LogP contribution >= 0.6 is 0 Å². The summed E-state index contributed by atoms with van der Waals surface area (Å²) in [5, 5.41) is 4.24. The zero-order chi connectivity index (χ0) is 13.7. The molecule has 0 N–H and O–H groups in total. The molecule has 2 aromatic rings. The average Bonchev–Trinajstić information content (AvgIpc) is 3.08. The number of aromatic nitrogens is 2. The molecule has 0 spiro atoms. The van der Waals surface area contributed by atoms with Gasteiger partial charge in [-0.1, -0.05) is 5.16 Å². The third-order valence-corrected chi connectivity index (χ3v) is 4.74. The van der Waals surface area contributed by atoms with Gasteiger partial charge in [0.2, 0.25) is 0 Å². The van der Waals surface area contributed by atoms with Crippen molar-refractivity contribution in [3.8, 4) is 0 Å². The second kappa shape index (κ2) is 4.48. The summed E-state index contributed by atoms with van der Waals surface area (Å²) >= 11 is 0. The van der Waals surface area contributed by atoms with Gasteiger partial charge in [-0.2, -0.15) is 0 Å². The highest BCUT2D eigenvalue weighted by Crippen LogP contribution is 2.40. The van der Waals surface area contributed by atoms with Gasteiger partial charge in [0.1, 0.15) is 5.76 Å². The third kappa shape index (κ3) is 1.99. The van der Waals surface area contributed by atoms with Crippen molar-refractivity contribution in [1.29, 1.82) is 0 Å². The lowest BCUT2D eigenvalue weighted by molar-refractivity contribution is 0.155. The van der Waals surface area contributed by atoms with Gasteiger partial charge in [-0.05, 0) is 38.8 Å². The van der Waals surface area contributed by atoms with Crippen LogP contribution in [0.25, 0.3) is 0 Å². The highest BCUT2D eigenvalue weighted by atomic mass is 16.5. The van der Waals surface area contributed by atoms with Crippen molar-refractivity contribution in [2.24, 2.45) is 0 Å². The molecule has 3 heterocycles. The van der Waals surface area contributed by atoms with Gasteiger partial charge >= 0.3 is 0 Å². The van der Waals surface area contributed by atoms with Gasteiger partial charge in [0, 0.05) is 49.0 Å². The Morgan fingerprint density at radius 3 is 2.95 bits per heavy atom. The number of aryl methyl sites for hydroxylation is 1. The zero-order valence-electron chi connectivity index (χ0n) is 12.2. The first kappa shape index (κ1) is 12.2. The van der Waals surface area contributed by atoms with Crippen LogP contribution in [0.5, 0.6) is 0 Å². The lowest BCUT2D eigenvalue weighted by atomic mass is 10.1. The SMILES string of the molecule is Cc1ccc2n1CCN(Cc1cc(C3CC3)on1)[C@@H]2C. The predicted octanol–water partition coefficient (Wildman–Crippen LogP) is 3.24. The summed E-state index contributed by atoms with van der Waals surface area (Å²) in [5.41, 5.74) is 3.86. The lowest BCUT2D eigenvalue weighted by Gasteiger charge is -2.34. The molecular weight excluding hydrogens is 250 g/mol. The number of fused-ring (bicyclic) bond motifs is 1. The number of rotatable bonds is 3. The summed E-state index contributed by atoms with van der Waals surface area (Å²) < 4.78 is 7.89. The Kier molecular flexibility index (Phi) is 2.74. The van der Waals surface area contributed by atoms with E-state index in [0.717, 1.165) is 31.1 Å². The molecule has 1 aliphatic carbocycles. The van der Waals surface area contributed by atoms with Crippen molar-refractivity contribution in [3.05, 3.63) is 41.0 Å². The summed E-state index contributed by atoms with van der Waals surface area (Å²) in [6.45, 7) is 7.51. The maximum absolute atomic E-state index is 5.46. The van der Waals surface area contributed by atoms with Crippen molar-refractivity contribution in [2.75, 3.05) is 6.54 Å². The normalized spacial score (nSPS) is 23.0. The van der Waals surface area contributed by atoms with Crippen molar-refractivity contribution < 1.29 is 4.52 Å². The Balaban J connectivity index is 1.51. The topological polar surface area (TPSA) is 34.2 Å². The minimum absolute atomic E-state index is 0.443. The number of nitrogens with zero attached hydrogens (tertiary/aromatic N) is 3. The molecule has 1 atom stereocenters. The monoisotopic (exact) mass is 271 g/mol. The Hall–Kier alpha value is -1.55. The van der Waals surface area contributed by atoms with Gasteiger partial charge < -0.3 is 9.09 Å². The van der Waals surface area contributed by atoms with Crippen LogP contribution in [0, 0.1) is 6.92 Å². The average molecular weight is 271 g/mol. The van der Waals surface area contributed by atoms with E-state index in [4.69, 9.17) is 4.52 Å². The van der Waals surface area contributed by atoms with Gasteiger partial charge in [0.05, 0.1) is 5.69 Å². The number of hydrogen-bond donors (Lipinski definition) is 0. The van der Waals surface area contributed by atoms with E-state index in [9.17, 15) is 0 Å². The molecular formula is C16H21N3O. The Morgan fingerprint density at radius 1 is 1.30 bits per heavy atom. The maximum atomic E-state index is 5.46. The van der Waals surface area contributed by atoms with Crippen LogP contribution < -0.4 is 0 Å². The minimum Gasteiger partial charge on any atom is -0.361 e. The van der Waals surface area contributed by atoms with E-state index >= 15 is 0 Å². The molecule has 4 heteroatoms. The molecule has 0 unspecified atom stereocenters. The van der Waals surface area contributed by atoms with Crippen LogP contribution in [0.1, 0.15) is 54.6 Å². The van der Waals surface area contributed by atoms with E-state index in [0.29, 0.717) is 12.0 Å². The second-order valence-corrected chi connectivity index (χ2v) is 6.19. The third-order valence-electron chi connectivity index (χ3n) is 4.74. The molecule has 2 aliphatic rings. The fourth-order valence-electron chi connectivity index (χ4n) is 3.26. The molecule has 0 saturated heterocycles. The van der Waals surface area contributed by atoms with Gasteiger partial charge in [0.15, 0.2) is 0 Å². The fraction of sp³-hybridized carbons (Fsp3) is 0.562. The van der Waals surface area contributed by atoms with Gasteiger partial charge in [0.25, 0.3) is 0 Å². The van der Waals surface area contributed by atoms with Gasteiger partial charge in [-0.25, -0.2) is 0 Å². The summed E-state index contributed by atoms with van der Waals surface area (Å²) in [6.07, 6.45) is 2.53. The Bertz CT molecular complexity index is 623. The largest absolute Gasteiger partial charge is 0.361 e. The molecule has 1 aliphatic heterocycles. The molecule has 0 bridgehead atoms. The minimum atomic E-state index is 0.443. The van der Waals surface area contributed by atoms with E-state index in [-0.39, 0.29) is 0 Å². The van der Waals surface area contributed by atoms with Crippen molar-refractivity contribution >= 4 is 0 Å². The summed E-state index contributed by atoms with van der Waals surface area (Å²) in [7, 11) is 0. The molecule has 0 radical (unpaired) electrons. The lowest BCUT2D eigenvalue weighted by Crippen LogP contribution is -2.36. The van der Waals surface area contributed by atoms with Crippen molar-refractivity contribution in [2.45, 2.75) is 51.7 Å². The van der Waals surface area contributed by atoms with Crippen LogP contribution in [-0.2, 0) is 13.1 Å². The van der Waals surface area contributed by atoms with E-state index in [1.165, 1.54) is 24.2 Å². The first-order valence-corrected chi connectivity index (χ1v) is 7.58. The van der Waals surface area contributed by atoms with Crippen LogP contribution in [0.3, 0.4) is 0 Å². The highest BCUT2D eigenvalue weighted by molar-refractivity contribution is 5.21. The molecule has 2 aromatic heterocycles. The summed E-state index contributed by atoms with van der Waals surface area (Å²) in [6, 6.07) is 7.07. The molecule has 0 aromatic carbocycles. The Labute approximate surface area is 119 Å². The molecule has 4 rings (SSSR count). The van der Waals surface area contributed by atoms with E-state index in [1.54, 1.807) is 0 Å². The fourth-order valence-corrected chi connectivity index (χ4v) is 3.26. The molecule has 20 heavy (non-hydrogen) atoms. The second-order valence-electron chi connectivity index (χ2n) is 6.19. The van der Waals surface area contributed by atoms with Gasteiger partial charge in [-0.15, -0.1) is 0 Å². The maximum Gasteiger partial charge on any atom is 0.140 e. The quantitative estimate of drug-likeness (QED) is 0.859. The summed E-state index contributed by atoms with van der Waals surface area (Å²) in [4.78, 5) is 2.49. The molecule has 0 amide bonds. The summed E-state index contributed by atoms with van der Waals surface area (Å²) in [5.74, 6) is 1.73. The zero-order valence-corrected chi connectivity index (χ0v) is 12.2.